The van der Waals surface area contributed by atoms with Gasteiger partial charge < -0.3 is 4.74 Å². The first-order valence-electron chi connectivity index (χ1n) is 10.7. The van der Waals surface area contributed by atoms with E-state index < -0.39 is 0 Å². The second-order valence-electron chi connectivity index (χ2n) is 7.01. The number of aldehydes is 1. The van der Waals surface area contributed by atoms with Gasteiger partial charge in [0.1, 0.15) is 5.75 Å². The van der Waals surface area contributed by atoms with Crippen molar-refractivity contribution in [3.05, 3.63) is 41.5 Å². The average Bonchev–Trinajstić information content (AvgIpc) is 2.66. The fourth-order valence-corrected chi connectivity index (χ4v) is 3.25. The van der Waals surface area contributed by atoms with Crippen molar-refractivity contribution in [3.63, 3.8) is 0 Å². The summed E-state index contributed by atoms with van der Waals surface area (Å²) < 4.78 is 5.68. The second kappa shape index (κ2) is 15.7. The van der Waals surface area contributed by atoms with Crippen molar-refractivity contribution in [2.24, 2.45) is 0 Å². The van der Waals surface area contributed by atoms with Crippen molar-refractivity contribution < 1.29 is 9.53 Å². The summed E-state index contributed by atoms with van der Waals surface area (Å²) in [7, 11) is 0. The number of ether oxygens (including phenoxy) is 1. The van der Waals surface area contributed by atoms with Gasteiger partial charge in [-0.2, -0.15) is 0 Å². The van der Waals surface area contributed by atoms with Gasteiger partial charge >= 0.3 is 0 Å². The molecule has 0 amide bonds. The molecule has 0 N–H and O–H groups in total. The molecule has 2 heteroatoms. The third-order valence-corrected chi connectivity index (χ3v) is 4.75. The molecule has 0 fully saturated rings. The molecule has 1 aromatic carbocycles. The number of rotatable bonds is 16. The molecule has 1 aromatic rings. The molecule has 0 saturated heterocycles. The Morgan fingerprint density at radius 2 is 1.50 bits per heavy atom. The highest BCUT2D eigenvalue weighted by atomic mass is 16.5. The van der Waals surface area contributed by atoms with Crippen LogP contribution in [0.4, 0.5) is 0 Å². The molecule has 0 saturated carbocycles. The molecule has 0 heterocycles. The van der Waals surface area contributed by atoms with Crippen LogP contribution in [0.2, 0.25) is 0 Å². The van der Waals surface area contributed by atoms with E-state index in [1.807, 2.05) is 19.1 Å². The quantitative estimate of drug-likeness (QED) is 0.176. The van der Waals surface area contributed by atoms with Crippen LogP contribution < -0.4 is 4.74 Å². The van der Waals surface area contributed by atoms with Crippen molar-refractivity contribution in [2.75, 3.05) is 6.61 Å². The van der Waals surface area contributed by atoms with Crippen LogP contribution in [0.5, 0.6) is 5.75 Å². The fourth-order valence-electron chi connectivity index (χ4n) is 3.25. The van der Waals surface area contributed by atoms with Gasteiger partial charge in [0, 0.05) is 0 Å². The van der Waals surface area contributed by atoms with E-state index in [2.05, 4.69) is 25.1 Å². The standard InChI is InChI=1S/C24H38O2/c1-3-5-6-7-8-9-10-11-12-13-14-15-16-18-22-19-17-20-23(21-25)24(22)26-4-2/h11-12,17,19-21H,3-10,13-16,18H2,1-2H3. The molecular formula is C24H38O2. The highest BCUT2D eigenvalue weighted by Gasteiger charge is 2.08. The largest absolute Gasteiger partial charge is 0.493 e. The summed E-state index contributed by atoms with van der Waals surface area (Å²) >= 11 is 0. The van der Waals surface area contributed by atoms with Gasteiger partial charge in [-0.15, -0.1) is 0 Å². The number of para-hydroxylation sites is 1. The minimum Gasteiger partial charge on any atom is -0.493 e. The summed E-state index contributed by atoms with van der Waals surface area (Å²) in [6.45, 7) is 4.83. The summed E-state index contributed by atoms with van der Waals surface area (Å²) in [5.41, 5.74) is 1.83. The van der Waals surface area contributed by atoms with E-state index in [1.54, 1.807) is 0 Å². The Bertz CT molecular complexity index is 505. The monoisotopic (exact) mass is 358 g/mol. The summed E-state index contributed by atoms with van der Waals surface area (Å²) in [4.78, 5) is 11.2. The van der Waals surface area contributed by atoms with Gasteiger partial charge in [0.05, 0.1) is 12.2 Å². The van der Waals surface area contributed by atoms with E-state index in [0.717, 1.165) is 30.4 Å². The third kappa shape index (κ3) is 9.79. The van der Waals surface area contributed by atoms with Crippen molar-refractivity contribution >= 4 is 6.29 Å². The lowest BCUT2D eigenvalue weighted by Gasteiger charge is -2.12. The van der Waals surface area contributed by atoms with Crippen molar-refractivity contribution in [3.8, 4) is 5.75 Å². The topological polar surface area (TPSA) is 26.3 Å². The second-order valence-corrected chi connectivity index (χ2v) is 7.01. The number of hydrogen-bond donors (Lipinski definition) is 0. The normalized spacial score (nSPS) is 11.2. The van der Waals surface area contributed by atoms with E-state index in [-0.39, 0.29) is 0 Å². The molecule has 0 aliphatic carbocycles. The highest BCUT2D eigenvalue weighted by Crippen LogP contribution is 2.25. The van der Waals surface area contributed by atoms with Crippen LogP contribution in [0, 0.1) is 0 Å². The van der Waals surface area contributed by atoms with Crippen molar-refractivity contribution in [1.82, 2.24) is 0 Å². The number of allylic oxidation sites excluding steroid dienone is 2. The number of unbranched alkanes of at least 4 members (excludes halogenated alkanes) is 9. The minimum absolute atomic E-state index is 0.598. The molecule has 2 nitrogen and oxygen atoms in total. The summed E-state index contributed by atoms with van der Waals surface area (Å²) in [6, 6.07) is 5.86. The smallest absolute Gasteiger partial charge is 0.153 e. The lowest BCUT2D eigenvalue weighted by molar-refractivity contribution is 0.111. The summed E-state index contributed by atoms with van der Waals surface area (Å²) in [5.74, 6) is 0.781. The Labute approximate surface area is 161 Å². The van der Waals surface area contributed by atoms with Gasteiger partial charge in [0.15, 0.2) is 6.29 Å². The maximum atomic E-state index is 11.2. The van der Waals surface area contributed by atoms with Gasteiger partial charge in [-0.3, -0.25) is 4.79 Å². The van der Waals surface area contributed by atoms with Gasteiger partial charge in [0.2, 0.25) is 0 Å². The molecule has 0 atom stereocenters. The number of aryl methyl sites for hydroxylation is 1. The average molecular weight is 359 g/mol. The molecule has 0 aliphatic heterocycles. The predicted octanol–water partition coefficient (Wildman–Crippen LogP) is 7.31. The summed E-state index contributed by atoms with van der Waals surface area (Å²) in [5, 5.41) is 0. The Balaban J connectivity index is 2.12. The molecule has 0 radical (unpaired) electrons. The van der Waals surface area contributed by atoms with E-state index in [0.29, 0.717) is 12.2 Å². The van der Waals surface area contributed by atoms with E-state index in [1.165, 1.54) is 64.2 Å². The van der Waals surface area contributed by atoms with Crippen molar-refractivity contribution in [2.45, 2.75) is 90.9 Å². The molecule has 0 unspecified atom stereocenters. The Morgan fingerprint density at radius 1 is 0.846 bits per heavy atom. The third-order valence-electron chi connectivity index (χ3n) is 4.75. The Hall–Kier alpha value is -1.57. The number of benzene rings is 1. The van der Waals surface area contributed by atoms with Crippen LogP contribution in [0.15, 0.2) is 30.4 Å². The number of carbonyl (C=O) groups is 1. The SMILES string of the molecule is CCCCCCCCC=CCCCCCc1cccc(C=O)c1OCC. The van der Waals surface area contributed by atoms with E-state index in [4.69, 9.17) is 4.74 Å². The van der Waals surface area contributed by atoms with Crippen LogP contribution >= 0.6 is 0 Å². The van der Waals surface area contributed by atoms with Crippen LogP contribution in [-0.2, 0) is 6.42 Å². The first-order valence-corrected chi connectivity index (χ1v) is 10.7. The van der Waals surface area contributed by atoms with E-state index in [9.17, 15) is 4.79 Å². The minimum atomic E-state index is 0.598. The fraction of sp³-hybridized carbons (Fsp3) is 0.625. The zero-order chi connectivity index (χ0) is 18.9. The van der Waals surface area contributed by atoms with Crippen LogP contribution in [0.25, 0.3) is 0 Å². The summed E-state index contributed by atoms with van der Waals surface area (Å²) in [6.07, 6.45) is 20.9. The molecule has 146 valence electrons. The molecule has 1 rings (SSSR count). The zero-order valence-electron chi connectivity index (χ0n) is 17.0. The van der Waals surface area contributed by atoms with Crippen LogP contribution in [-0.4, -0.2) is 12.9 Å². The molecule has 0 spiro atoms. The van der Waals surface area contributed by atoms with Gasteiger partial charge in [-0.1, -0.05) is 69.7 Å². The zero-order valence-corrected chi connectivity index (χ0v) is 17.0. The predicted molar refractivity (Wildman–Crippen MR) is 112 cm³/mol. The Morgan fingerprint density at radius 3 is 2.15 bits per heavy atom. The maximum absolute atomic E-state index is 11.2. The van der Waals surface area contributed by atoms with Crippen molar-refractivity contribution in [1.29, 1.82) is 0 Å². The molecule has 26 heavy (non-hydrogen) atoms. The van der Waals surface area contributed by atoms with E-state index >= 15 is 0 Å². The number of hydrogen-bond acceptors (Lipinski definition) is 2. The molecule has 0 aliphatic rings. The molecule has 0 aromatic heterocycles. The molecular weight excluding hydrogens is 320 g/mol. The van der Waals surface area contributed by atoms with Gasteiger partial charge in [0.25, 0.3) is 0 Å². The molecule has 0 bridgehead atoms. The van der Waals surface area contributed by atoms with Crippen LogP contribution in [0.1, 0.15) is 100 Å². The lowest BCUT2D eigenvalue weighted by Crippen LogP contribution is -2.00. The van der Waals surface area contributed by atoms with Gasteiger partial charge in [-0.25, -0.2) is 0 Å². The Kier molecular flexibility index (Phi) is 13.5. The number of carbonyl (C=O) groups excluding carboxylic acids is 1. The first kappa shape index (κ1) is 22.5. The lowest BCUT2D eigenvalue weighted by atomic mass is 10.0. The maximum Gasteiger partial charge on any atom is 0.153 e. The van der Waals surface area contributed by atoms with Gasteiger partial charge in [-0.05, 0) is 57.1 Å². The van der Waals surface area contributed by atoms with Crippen LogP contribution in [0.3, 0.4) is 0 Å². The first-order chi connectivity index (χ1) is 12.8. The highest BCUT2D eigenvalue weighted by molar-refractivity contribution is 5.80.